The number of rotatable bonds is 8. The Balaban J connectivity index is 2.61. The highest BCUT2D eigenvalue weighted by atomic mass is 16.3. The molecule has 0 amide bonds. The second-order valence-electron chi connectivity index (χ2n) is 4.87. The highest BCUT2D eigenvalue weighted by Crippen LogP contribution is 2.15. The average Bonchev–Trinajstić information content (AvgIpc) is 2.37. The number of nitrogen functional groups attached to an aromatic ring is 1. The Morgan fingerprint density at radius 2 is 1.95 bits per heavy atom. The average molecular weight is 266 g/mol. The van der Waals surface area contributed by atoms with Crippen LogP contribution in [0.15, 0.2) is 6.07 Å². The quantitative estimate of drug-likeness (QED) is 0.672. The predicted octanol–water partition coefficient (Wildman–Crippen LogP) is 2.22. The van der Waals surface area contributed by atoms with Crippen molar-refractivity contribution in [1.82, 2.24) is 9.97 Å². The third-order valence-corrected chi connectivity index (χ3v) is 3.35. The maximum absolute atomic E-state index is 10.1. The molecule has 5 nitrogen and oxygen atoms in total. The zero-order chi connectivity index (χ0) is 14.3. The molecule has 1 heterocycles. The molecule has 0 saturated heterocycles. The van der Waals surface area contributed by atoms with E-state index in [1.807, 2.05) is 0 Å². The van der Waals surface area contributed by atoms with Gasteiger partial charge in [0.2, 0.25) is 0 Å². The summed E-state index contributed by atoms with van der Waals surface area (Å²) in [5.74, 6) is 2.24. The molecule has 1 aromatic heterocycles. The van der Waals surface area contributed by atoms with Crippen molar-refractivity contribution in [2.75, 3.05) is 17.6 Å². The summed E-state index contributed by atoms with van der Waals surface area (Å²) in [7, 11) is 0. The van der Waals surface area contributed by atoms with Crippen molar-refractivity contribution in [3.8, 4) is 0 Å². The molecule has 0 saturated carbocycles. The first-order chi connectivity index (χ1) is 9.10. The molecule has 1 aromatic rings. The van der Waals surface area contributed by atoms with Crippen LogP contribution in [0.25, 0.3) is 0 Å². The maximum Gasteiger partial charge on any atom is 0.133 e. The Kier molecular flexibility index (Phi) is 6.56. The normalized spacial score (nSPS) is 12.7. The van der Waals surface area contributed by atoms with Crippen molar-refractivity contribution in [3.05, 3.63) is 11.9 Å². The van der Waals surface area contributed by atoms with Gasteiger partial charge in [-0.05, 0) is 12.3 Å². The smallest absolute Gasteiger partial charge is 0.133 e. The summed E-state index contributed by atoms with van der Waals surface area (Å²) in [5.41, 5.74) is 5.75. The molecule has 0 fully saturated rings. The third-order valence-electron chi connectivity index (χ3n) is 3.35. The fraction of sp³-hybridized carbons (Fsp3) is 0.714. The lowest BCUT2D eigenvalue weighted by Gasteiger charge is -2.20. The number of nitrogens with zero attached hydrogens (tertiary/aromatic N) is 2. The van der Waals surface area contributed by atoms with Crippen molar-refractivity contribution < 1.29 is 5.11 Å². The van der Waals surface area contributed by atoms with Gasteiger partial charge >= 0.3 is 0 Å². The number of aryl methyl sites for hydroxylation is 1. The summed E-state index contributed by atoms with van der Waals surface area (Å²) in [4.78, 5) is 8.58. The molecule has 1 rings (SSSR count). The molecular weight excluding hydrogens is 240 g/mol. The molecule has 1 atom stereocenters. The van der Waals surface area contributed by atoms with Crippen LogP contribution in [0.5, 0.6) is 0 Å². The number of aromatic nitrogens is 2. The van der Waals surface area contributed by atoms with Gasteiger partial charge in [-0.2, -0.15) is 0 Å². The number of aliphatic hydroxyl groups excluding tert-OH is 1. The highest BCUT2D eigenvalue weighted by molar-refractivity contribution is 5.44. The number of hydrogen-bond acceptors (Lipinski definition) is 5. The van der Waals surface area contributed by atoms with Gasteiger partial charge in [-0.25, -0.2) is 9.97 Å². The fourth-order valence-corrected chi connectivity index (χ4v) is 2.15. The van der Waals surface area contributed by atoms with Crippen LogP contribution in [-0.2, 0) is 6.42 Å². The molecular formula is C14H26N4O. The summed E-state index contributed by atoms with van der Waals surface area (Å²) < 4.78 is 0. The van der Waals surface area contributed by atoms with Gasteiger partial charge in [-0.3, -0.25) is 0 Å². The molecule has 0 radical (unpaired) electrons. The minimum Gasteiger partial charge on any atom is -0.391 e. The van der Waals surface area contributed by atoms with Gasteiger partial charge in [0.05, 0.1) is 6.10 Å². The Labute approximate surface area is 115 Å². The van der Waals surface area contributed by atoms with E-state index in [0.717, 1.165) is 31.5 Å². The molecule has 0 aromatic carbocycles. The van der Waals surface area contributed by atoms with E-state index in [1.54, 1.807) is 6.07 Å². The third kappa shape index (κ3) is 5.03. The lowest BCUT2D eigenvalue weighted by atomic mass is 9.97. The lowest BCUT2D eigenvalue weighted by molar-refractivity contribution is 0.114. The van der Waals surface area contributed by atoms with Crippen LogP contribution in [-0.4, -0.2) is 27.7 Å². The molecule has 0 bridgehead atoms. The molecule has 5 heteroatoms. The second kappa shape index (κ2) is 7.94. The van der Waals surface area contributed by atoms with Crippen LogP contribution in [0.4, 0.5) is 11.6 Å². The molecule has 0 aliphatic heterocycles. The van der Waals surface area contributed by atoms with E-state index >= 15 is 0 Å². The second-order valence-corrected chi connectivity index (χ2v) is 4.87. The van der Waals surface area contributed by atoms with E-state index in [0.29, 0.717) is 24.1 Å². The van der Waals surface area contributed by atoms with Crippen LogP contribution in [0.1, 0.15) is 45.9 Å². The molecule has 0 aliphatic rings. The lowest BCUT2D eigenvalue weighted by Crippen LogP contribution is -2.28. The Morgan fingerprint density at radius 3 is 2.53 bits per heavy atom. The van der Waals surface area contributed by atoms with E-state index in [2.05, 4.69) is 36.1 Å². The summed E-state index contributed by atoms with van der Waals surface area (Å²) in [6, 6.07) is 1.71. The Morgan fingerprint density at radius 1 is 1.26 bits per heavy atom. The minimum atomic E-state index is -0.360. The maximum atomic E-state index is 10.1. The van der Waals surface area contributed by atoms with Crippen molar-refractivity contribution >= 4 is 11.6 Å². The van der Waals surface area contributed by atoms with Crippen molar-refractivity contribution in [1.29, 1.82) is 0 Å². The molecule has 108 valence electrons. The van der Waals surface area contributed by atoms with Crippen LogP contribution < -0.4 is 11.1 Å². The van der Waals surface area contributed by atoms with Crippen LogP contribution in [0.3, 0.4) is 0 Å². The first-order valence-corrected chi connectivity index (χ1v) is 7.16. The van der Waals surface area contributed by atoms with Gasteiger partial charge in [0.25, 0.3) is 0 Å². The van der Waals surface area contributed by atoms with Crippen molar-refractivity contribution in [2.45, 2.75) is 52.6 Å². The first-order valence-electron chi connectivity index (χ1n) is 7.16. The zero-order valence-corrected chi connectivity index (χ0v) is 12.2. The van der Waals surface area contributed by atoms with E-state index in [-0.39, 0.29) is 6.10 Å². The van der Waals surface area contributed by atoms with Crippen LogP contribution in [0, 0.1) is 5.92 Å². The minimum absolute atomic E-state index is 0.321. The largest absolute Gasteiger partial charge is 0.391 e. The monoisotopic (exact) mass is 266 g/mol. The Bertz CT molecular complexity index is 380. The summed E-state index contributed by atoms with van der Waals surface area (Å²) >= 11 is 0. The number of hydrogen-bond donors (Lipinski definition) is 3. The van der Waals surface area contributed by atoms with Gasteiger partial charge in [-0.1, -0.05) is 33.6 Å². The summed E-state index contributed by atoms with van der Waals surface area (Å²) in [6.45, 7) is 6.77. The zero-order valence-electron chi connectivity index (χ0n) is 12.2. The number of aliphatic hydroxyl groups is 1. The van der Waals surface area contributed by atoms with Gasteiger partial charge in [0, 0.05) is 19.0 Å². The van der Waals surface area contributed by atoms with Crippen LogP contribution in [0.2, 0.25) is 0 Å². The number of anilines is 2. The van der Waals surface area contributed by atoms with Gasteiger partial charge in [0.15, 0.2) is 0 Å². The highest BCUT2D eigenvalue weighted by Gasteiger charge is 2.15. The molecule has 1 unspecified atom stereocenters. The van der Waals surface area contributed by atoms with Gasteiger partial charge in [-0.15, -0.1) is 0 Å². The number of nitrogens with two attached hydrogens (primary N) is 1. The van der Waals surface area contributed by atoms with E-state index in [1.165, 1.54) is 0 Å². The van der Waals surface area contributed by atoms with Crippen LogP contribution >= 0.6 is 0 Å². The molecule has 0 aliphatic carbocycles. The topological polar surface area (TPSA) is 84.1 Å². The summed E-state index contributed by atoms with van der Waals surface area (Å²) in [6.07, 6.45) is 3.40. The number of nitrogens with one attached hydrogen (secondary N) is 1. The van der Waals surface area contributed by atoms with E-state index in [4.69, 9.17) is 5.73 Å². The first kappa shape index (κ1) is 15.7. The van der Waals surface area contributed by atoms with Gasteiger partial charge < -0.3 is 16.2 Å². The van der Waals surface area contributed by atoms with Crippen molar-refractivity contribution in [2.24, 2.45) is 5.92 Å². The Hall–Kier alpha value is -1.36. The fourth-order valence-electron chi connectivity index (χ4n) is 2.15. The standard InChI is InChI=1S/C14H26N4O/c1-4-7-13-17-12(15)8-14(18-13)16-9-11(19)10(5-2)6-3/h8,10-11,19H,4-7,9H2,1-3H3,(H3,15,16,17,18). The van der Waals surface area contributed by atoms with E-state index < -0.39 is 0 Å². The van der Waals surface area contributed by atoms with E-state index in [9.17, 15) is 5.11 Å². The predicted molar refractivity (Wildman–Crippen MR) is 79.0 cm³/mol. The molecule has 0 spiro atoms. The van der Waals surface area contributed by atoms with Crippen molar-refractivity contribution in [3.63, 3.8) is 0 Å². The SMILES string of the molecule is CCCc1nc(N)cc(NCC(O)C(CC)CC)n1. The van der Waals surface area contributed by atoms with Gasteiger partial charge in [0.1, 0.15) is 17.5 Å². The molecule has 4 N–H and O–H groups in total. The molecule has 19 heavy (non-hydrogen) atoms. The summed E-state index contributed by atoms with van der Waals surface area (Å²) in [5, 5.41) is 13.2.